The van der Waals surface area contributed by atoms with Crippen LogP contribution in [0.3, 0.4) is 0 Å². The minimum absolute atomic E-state index is 1.11. The van der Waals surface area contributed by atoms with Crippen LogP contribution in [0.5, 0.6) is 0 Å². The molecule has 0 bridgehead atoms. The zero-order valence-corrected chi connectivity index (χ0v) is 11.5. The smallest absolute Gasteiger partial charge is 0.0372 e. The molecular weight excluding hydrogens is 206 g/mol. The molecule has 0 aliphatic rings. The minimum Gasteiger partial charge on any atom is -0.385 e. The maximum Gasteiger partial charge on any atom is 0.0372 e. The molecule has 0 aliphatic heterocycles. The molecule has 1 aromatic rings. The molecule has 96 valence electrons. The number of nitrogens with one attached hydrogen (secondary N) is 1. The Morgan fingerprint density at radius 3 is 2.35 bits per heavy atom. The van der Waals surface area contributed by atoms with Gasteiger partial charge in [0.1, 0.15) is 0 Å². The molecule has 0 saturated carbocycles. The van der Waals surface area contributed by atoms with Crippen LogP contribution in [0.4, 0.5) is 5.69 Å². The van der Waals surface area contributed by atoms with Crippen LogP contribution in [0.25, 0.3) is 0 Å². The van der Waals surface area contributed by atoms with E-state index in [1.165, 1.54) is 49.8 Å². The van der Waals surface area contributed by atoms with Crippen LogP contribution in [-0.4, -0.2) is 6.54 Å². The van der Waals surface area contributed by atoms with Gasteiger partial charge in [0.2, 0.25) is 0 Å². The van der Waals surface area contributed by atoms with Gasteiger partial charge in [-0.1, -0.05) is 64.2 Å². The first kappa shape index (κ1) is 14.1. The summed E-state index contributed by atoms with van der Waals surface area (Å²) in [6.07, 6.45) is 9.30. The maximum absolute atomic E-state index is 3.56. The predicted octanol–water partition coefficient (Wildman–Crippen LogP) is 5.02. The second kappa shape index (κ2) is 9.09. The fourth-order valence-electron chi connectivity index (χ4n) is 2.13. The lowest BCUT2D eigenvalue weighted by Gasteiger charge is -2.10. The van der Waals surface area contributed by atoms with Gasteiger partial charge in [0.05, 0.1) is 0 Å². The monoisotopic (exact) mass is 233 g/mol. The van der Waals surface area contributed by atoms with Crippen LogP contribution in [0, 0.1) is 0 Å². The van der Waals surface area contributed by atoms with E-state index in [1.807, 2.05) is 0 Å². The van der Waals surface area contributed by atoms with Crippen molar-refractivity contribution in [2.24, 2.45) is 0 Å². The standard InChI is InChI=1S/C16H27N/c1-3-5-6-7-8-11-14-17-16-13-10-9-12-15(16)4-2/h9-10,12-13,17H,3-8,11,14H2,1-2H3. The van der Waals surface area contributed by atoms with Crippen molar-refractivity contribution in [1.29, 1.82) is 0 Å². The number of hydrogen-bond acceptors (Lipinski definition) is 1. The molecule has 1 aromatic carbocycles. The molecule has 1 rings (SSSR count). The van der Waals surface area contributed by atoms with E-state index in [0.717, 1.165) is 13.0 Å². The highest BCUT2D eigenvalue weighted by Gasteiger charge is 1.97. The number of hydrogen-bond donors (Lipinski definition) is 1. The van der Waals surface area contributed by atoms with Gasteiger partial charge in [0.25, 0.3) is 0 Å². The predicted molar refractivity (Wildman–Crippen MR) is 77.7 cm³/mol. The van der Waals surface area contributed by atoms with Gasteiger partial charge < -0.3 is 5.32 Å². The Morgan fingerprint density at radius 2 is 1.59 bits per heavy atom. The van der Waals surface area contributed by atoms with Crippen LogP contribution < -0.4 is 5.32 Å². The van der Waals surface area contributed by atoms with Crippen molar-refractivity contribution in [3.63, 3.8) is 0 Å². The molecule has 0 saturated heterocycles. The van der Waals surface area contributed by atoms with Gasteiger partial charge in [-0.3, -0.25) is 0 Å². The van der Waals surface area contributed by atoms with Gasteiger partial charge in [-0.25, -0.2) is 0 Å². The molecule has 0 atom stereocenters. The second-order valence-corrected chi connectivity index (χ2v) is 4.71. The van der Waals surface area contributed by atoms with E-state index in [4.69, 9.17) is 0 Å². The van der Waals surface area contributed by atoms with Gasteiger partial charge in [-0.05, 0) is 24.5 Å². The molecule has 0 aromatic heterocycles. The summed E-state index contributed by atoms with van der Waals surface area (Å²) in [4.78, 5) is 0. The van der Waals surface area contributed by atoms with E-state index >= 15 is 0 Å². The number of rotatable bonds is 9. The Bertz CT molecular complexity index is 293. The van der Waals surface area contributed by atoms with E-state index in [0.29, 0.717) is 0 Å². The second-order valence-electron chi connectivity index (χ2n) is 4.71. The molecule has 17 heavy (non-hydrogen) atoms. The van der Waals surface area contributed by atoms with Gasteiger partial charge in [0.15, 0.2) is 0 Å². The van der Waals surface area contributed by atoms with Crippen molar-refractivity contribution in [3.05, 3.63) is 29.8 Å². The number of aryl methyl sites for hydroxylation is 1. The van der Waals surface area contributed by atoms with Crippen molar-refractivity contribution in [2.75, 3.05) is 11.9 Å². The molecular formula is C16H27N. The lowest BCUT2D eigenvalue weighted by molar-refractivity contribution is 0.617. The lowest BCUT2D eigenvalue weighted by atomic mass is 10.1. The highest BCUT2D eigenvalue weighted by atomic mass is 14.9. The van der Waals surface area contributed by atoms with Crippen LogP contribution in [0.15, 0.2) is 24.3 Å². The van der Waals surface area contributed by atoms with Gasteiger partial charge >= 0.3 is 0 Å². The summed E-state index contributed by atoms with van der Waals surface area (Å²) >= 11 is 0. The molecule has 1 nitrogen and oxygen atoms in total. The lowest BCUT2D eigenvalue weighted by Crippen LogP contribution is -2.03. The van der Waals surface area contributed by atoms with Gasteiger partial charge in [0, 0.05) is 12.2 Å². The fourth-order valence-corrected chi connectivity index (χ4v) is 2.13. The van der Waals surface area contributed by atoms with Crippen molar-refractivity contribution in [1.82, 2.24) is 0 Å². The Kier molecular flexibility index (Phi) is 7.53. The van der Waals surface area contributed by atoms with E-state index < -0.39 is 0 Å². The summed E-state index contributed by atoms with van der Waals surface area (Å²) in [6, 6.07) is 8.64. The zero-order chi connectivity index (χ0) is 12.3. The summed E-state index contributed by atoms with van der Waals surface area (Å²) in [5.41, 5.74) is 2.75. The van der Waals surface area contributed by atoms with Crippen molar-refractivity contribution in [3.8, 4) is 0 Å². The maximum atomic E-state index is 3.56. The average Bonchev–Trinajstić information content (AvgIpc) is 2.38. The molecule has 0 amide bonds. The van der Waals surface area contributed by atoms with E-state index in [1.54, 1.807) is 0 Å². The Balaban J connectivity index is 2.13. The SMILES string of the molecule is CCCCCCCCNc1ccccc1CC. The molecule has 1 N–H and O–H groups in total. The van der Waals surface area contributed by atoms with Crippen LogP contribution in [0.1, 0.15) is 57.9 Å². The fraction of sp³-hybridized carbons (Fsp3) is 0.625. The molecule has 0 radical (unpaired) electrons. The topological polar surface area (TPSA) is 12.0 Å². The molecule has 0 spiro atoms. The number of benzene rings is 1. The van der Waals surface area contributed by atoms with E-state index in [9.17, 15) is 0 Å². The number of anilines is 1. The first-order chi connectivity index (χ1) is 8.38. The molecule has 0 heterocycles. The third kappa shape index (κ3) is 5.76. The summed E-state index contributed by atoms with van der Waals surface area (Å²) in [5, 5.41) is 3.56. The van der Waals surface area contributed by atoms with E-state index in [-0.39, 0.29) is 0 Å². The molecule has 1 heteroatoms. The van der Waals surface area contributed by atoms with Crippen LogP contribution >= 0.6 is 0 Å². The minimum atomic E-state index is 1.11. The van der Waals surface area contributed by atoms with Crippen LogP contribution in [0.2, 0.25) is 0 Å². The summed E-state index contributed by atoms with van der Waals surface area (Å²) in [5.74, 6) is 0. The summed E-state index contributed by atoms with van der Waals surface area (Å²) in [6.45, 7) is 5.59. The highest BCUT2D eigenvalue weighted by Crippen LogP contribution is 2.15. The largest absolute Gasteiger partial charge is 0.385 e. The molecule has 0 unspecified atom stereocenters. The Labute approximate surface area is 107 Å². The highest BCUT2D eigenvalue weighted by molar-refractivity contribution is 5.50. The van der Waals surface area contributed by atoms with Crippen molar-refractivity contribution in [2.45, 2.75) is 58.8 Å². The summed E-state index contributed by atoms with van der Waals surface area (Å²) < 4.78 is 0. The normalized spacial score (nSPS) is 10.5. The quantitative estimate of drug-likeness (QED) is 0.590. The van der Waals surface area contributed by atoms with Crippen molar-refractivity contribution < 1.29 is 0 Å². The van der Waals surface area contributed by atoms with Gasteiger partial charge in [-0.2, -0.15) is 0 Å². The third-order valence-electron chi connectivity index (χ3n) is 3.24. The van der Waals surface area contributed by atoms with Crippen molar-refractivity contribution >= 4 is 5.69 Å². The third-order valence-corrected chi connectivity index (χ3v) is 3.24. The Hall–Kier alpha value is -0.980. The van der Waals surface area contributed by atoms with E-state index in [2.05, 4.69) is 43.4 Å². The number of para-hydroxylation sites is 1. The first-order valence-electron chi connectivity index (χ1n) is 7.20. The average molecular weight is 233 g/mol. The Morgan fingerprint density at radius 1 is 0.882 bits per heavy atom. The number of unbranched alkanes of at least 4 members (excludes halogenated alkanes) is 5. The molecule has 0 fully saturated rings. The first-order valence-corrected chi connectivity index (χ1v) is 7.20. The zero-order valence-electron chi connectivity index (χ0n) is 11.5. The van der Waals surface area contributed by atoms with Gasteiger partial charge in [-0.15, -0.1) is 0 Å². The van der Waals surface area contributed by atoms with Crippen LogP contribution in [-0.2, 0) is 6.42 Å². The summed E-state index contributed by atoms with van der Waals surface area (Å²) in [7, 11) is 0. The molecule has 0 aliphatic carbocycles.